The Morgan fingerprint density at radius 3 is 2.59 bits per heavy atom. The van der Waals surface area contributed by atoms with Gasteiger partial charge in [-0.05, 0) is 49.4 Å². The summed E-state index contributed by atoms with van der Waals surface area (Å²) in [6.45, 7) is 2.37. The minimum Gasteiger partial charge on any atom is -0.338 e. The largest absolute Gasteiger partial charge is 0.338 e. The predicted octanol–water partition coefficient (Wildman–Crippen LogP) is 3.97. The second-order valence-electron chi connectivity index (χ2n) is 8.08. The lowest BCUT2D eigenvalue weighted by molar-refractivity contribution is -0.142. The number of hydrogen-bond donors (Lipinski definition) is 0. The lowest BCUT2D eigenvalue weighted by atomic mass is 9.83. The van der Waals surface area contributed by atoms with Gasteiger partial charge in [0, 0.05) is 25.7 Å². The average molecular weight is 362 g/mol. The molecule has 1 heterocycles. The van der Waals surface area contributed by atoms with E-state index < -0.39 is 5.41 Å². The maximum atomic E-state index is 13.4. The molecule has 2 unspecified atom stereocenters. The lowest BCUT2D eigenvalue weighted by Crippen LogP contribution is -2.44. The van der Waals surface area contributed by atoms with E-state index in [4.69, 9.17) is 0 Å². The van der Waals surface area contributed by atoms with Crippen LogP contribution < -0.4 is 4.90 Å². The van der Waals surface area contributed by atoms with Crippen LogP contribution in [-0.2, 0) is 16.0 Å². The van der Waals surface area contributed by atoms with Gasteiger partial charge in [-0.15, -0.1) is 0 Å². The first kappa shape index (κ1) is 17.8. The molecule has 0 bridgehead atoms. The van der Waals surface area contributed by atoms with E-state index in [-0.39, 0.29) is 24.3 Å². The molecule has 1 aliphatic heterocycles. The maximum absolute atomic E-state index is 13.4. The number of anilines is 1. The number of aryl methyl sites for hydroxylation is 1. The molecule has 2 atom stereocenters. The van der Waals surface area contributed by atoms with Gasteiger partial charge in [0.25, 0.3) is 0 Å². The number of rotatable bonds is 3. The first-order valence-corrected chi connectivity index (χ1v) is 9.70. The number of carbonyl (C=O) groups excluding carboxylic acids is 2. The van der Waals surface area contributed by atoms with Gasteiger partial charge in [0.1, 0.15) is 0 Å². The molecule has 0 spiro atoms. The van der Waals surface area contributed by atoms with Crippen LogP contribution in [0.15, 0.2) is 54.6 Å². The molecule has 0 saturated carbocycles. The summed E-state index contributed by atoms with van der Waals surface area (Å²) in [7, 11) is 1.90. The van der Waals surface area contributed by atoms with Crippen molar-refractivity contribution in [1.29, 1.82) is 0 Å². The fourth-order valence-electron chi connectivity index (χ4n) is 4.61. The van der Waals surface area contributed by atoms with Gasteiger partial charge >= 0.3 is 0 Å². The summed E-state index contributed by atoms with van der Waals surface area (Å²) in [5.74, 6) is 0.0884. The monoisotopic (exact) mass is 362 g/mol. The van der Waals surface area contributed by atoms with Crippen LogP contribution in [0, 0.1) is 5.41 Å². The van der Waals surface area contributed by atoms with Gasteiger partial charge in [0.2, 0.25) is 11.8 Å². The van der Waals surface area contributed by atoms with E-state index in [0.29, 0.717) is 6.54 Å². The number of para-hydroxylation sites is 1. The zero-order valence-corrected chi connectivity index (χ0v) is 16.0. The minimum atomic E-state index is -0.686. The molecule has 2 amide bonds. The number of benzene rings is 2. The minimum absolute atomic E-state index is 0.0227. The van der Waals surface area contributed by atoms with E-state index in [9.17, 15) is 9.59 Å². The summed E-state index contributed by atoms with van der Waals surface area (Å²) >= 11 is 0. The van der Waals surface area contributed by atoms with Gasteiger partial charge in [-0.1, -0.05) is 42.5 Å². The molecule has 0 N–H and O–H groups in total. The lowest BCUT2D eigenvalue weighted by Gasteiger charge is -2.37. The fraction of sp³-hybridized carbons (Fsp3) is 0.391. The number of carbonyl (C=O) groups is 2. The molecule has 27 heavy (non-hydrogen) atoms. The van der Waals surface area contributed by atoms with E-state index in [2.05, 4.69) is 18.2 Å². The van der Waals surface area contributed by atoms with E-state index in [1.807, 2.05) is 55.3 Å². The van der Waals surface area contributed by atoms with Crippen LogP contribution in [0.1, 0.15) is 43.4 Å². The second kappa shape index (κ2) is 6.84. The second-order valence-corrected chi connectivity index (χ2v) is 8.08. The highest BCUT2D eigenvalue weighted by molar-refractivity contribution is 6.02. The quantitative estimate of drug-likeness (QED) is 0.829. The van der Waals surface area contributed by atoms with Crippen molar-refractivity contribution in [2.24, 2.45) is 5.41 Å². The molecule has 2 aromatic carbocycles. The molecule has 0 radical (unpaired) electrons. The third kappa shape index (κ3) is 3.14. The van der Waals surface area contributed by atoms with Crippen LogP contribution in [0.5, 0.6) is 0 Å². The van der Waals surface area contributed by atoms with Gasteiger partial charge < -0.3 is 9.80 Å². The van der Waals surface area contributed by atoms with E-state index in [0.717, 1.165) is 24.9 Å². The summed E-state index contributed by atoms with van der Waals surface area (Å²) in [6, 6.07) is 18.1. The Kier molecular flexibility index (Phi) is 4.50. The van der Waals surface area contributed by atoms with Crippen molar-refractivity contribution in [3.63, 3.8) is 0 Å². The molecule has 0 aromatic heterocycles. The first-order valence-electron chi connectivity index (χ1n) is 9.70. The Balaban J connectivity index is 1.57. The maximum Gasteiger partial charge on any atom is 0.231 e. The van der Waals surface area contributed by atoms with Crippen molar-refractivity contribution in [2.75, 3.05) is 18.5 Å². The van der Waals surface area contributed by atoms with Crippen LogP contribution >= 0.6 is 0 Å². The zero-order chi connectivity index (χ0) is 19.0. The highest BCUT2D eigenvalue weighted by Crippen LogP contribution is 2.40. The van der Waals surface area contributed by atoms with E-state index in [1.165, 1.54) is 11.1 Å². The summed E-state index contributed by atoms with van der Waals surface area (Å²) in [6.07, 6.45) is 3.41. The Bertz CT molecular complexity index is 864. The smallest absolute Gasteiger partial charge is 0.231 e. The Morgan fingerprint density at radius 2 is 1.81 bits per heavy atom. The molecule has 1 saturated heterocycles. The van der Waals surface area contributed by atoms with Crippen LogP contribution in [0.2, 0.25) is 0 Å². The normalized spacial score (nSPS) is 24.6. The zero-order valence-electron chi connectivity index (χ0n) is 16.0. The Hall–Kier alpha value is -2.62. The third-order valence-electron chi connectivity index (χ3n) is 6.06. The van der Waals surface area contributed by atoms with Gasteiger partial charge in [0.05, 0.1) is 11.5 Å². The van der Waals surface area contributed by atoms with Crippen molar-refractivity contribution >= 4 is 17.5 Å². The summed E-state index contributed by atoms with van der Waals surface area (Å²) in [5.41, 5.74) is 2.78. The van der Waals surface area contributed by atoms with Crippen LogP contribution in [0.3, 0.4) is 0 Å². The van der Waals surface area contributed by atoms with E-state index in [1.54, 1.807) is 4.90 Å². The van der Waals surface area contributed by atoms with E-state index >= 15 is 0 Å². The summed E-state index contributed by atoms with van der Waals surface area (Å²) < 4.78 is 0. The van der Waals surface area contributed by atoms with Crippen molar-refractivity contribution in [3.05, 3.63) is 65.7 Å². The predicted molar refractivity (Wildman–Crippen MR) is 106 cm³/mol. The molecule has 1 aliphatic carbocycles. The molecular weight excluding hydrogens is 336 g/mol. The van der Waals surface area contributed by atoms with Gasteiger partial charge in [-0.25, -0.2) is 0 Å². The Morgan fingerprint density at radius 1 is 1.11 bits per heavy atom. The number of nitrogens with zero attached hydrogens (tertiary/aromatic N) is 2. The topological polar surface area (TPSA) is 40.6 Å². The number of amides is 2. The summed E-state index contributed by atoms with van der Waals surface area (Å²) in [4.78, 5) is 29.7. The SMILES string of the molecule is CN(C(=O)C1(C)CC(=O)N(c2ccccc2)C1)C1CCCc2ccccc21. The standard InChI is InChI=1S/C23H26N2O2/c1-23(15-21(26)25(16-23)18-11-4-3-5-12-18)22(27)24(2)20-14-8-10-17-9-6-7-13-19(17)20/h3-7,9,11-13,20H,8,10,14-16H2,1-2H3. The van der Waals surface area contributed by atoms with Crippen LogP contribution in [0.4, 0.5) is 5.69 Å². The molecule has 2 aromatic rings. The third-order valence-corrected chi connectivity index (χ3v) is 6.06. The highest BCUT2D eigenvalue weighted by atomic mass is 16.2. The molecule has 1 fully saturated rings. The summed E-state index contributed by atoms with van der Waals surface area (Å²) in [5, 5.41) is 0. The number of hydrogen-bond acceptors (Lipinski definition) is 2. The van der Waals surface area contributed by atoms with Crippen molar-refractivity contribution < 1.29 is 9.59 Å². The van der Waals surface area contributed by atoms with Gasteiger partial charge in [-0.2, -0.15) is 0 Å². The van der Waals surface area contributed by atoms with Gasteiger partial charge in [0.15, 0.2) is 0 Å². The number of fused-ring (bicyclic) bond motifs is 1. The molecule has 4 heteroatoms. The average Bonchev–Trinajstić information content (AvgIpc) is 3.02. The fourth-order valence-corrected chi connectivity index (χ4v) is 4.61. The molecule has 2 aliphatic rings. The van der Waals surface area contributed by atoms with Crippen molar-refractivity contribution in [2.45, 2.75) is 38.6 Å². The Labute approximate surface area is 160 Å². The molecule has 140 valence electrons. The van der Waals surface area contributed by atoms with Crippen molar-refractivity contribution in [1.82, 2.24) is 4.90 Å². The first-order chi connectivity index (χ1) is 13.0. The van der Waals surface area contributed by atoms with Crippen LogP contribution in [0.25, 0.3) is 0 Å². The highest BCUT2D eigenvalue weighted by Gasteiger charge is 2.48. The van der Waals surface area contributed by atoms with Gasteiger partial charge in [-0.3, -0.25) is 9.59 Å². The molecular formula is C23H26N2O2. The van der Waals surface area contributed by atoms with Crippen LogP contribution in [-0.4, -0.2) is 30.3 Å². The van der Waals surface area contributed by atoms with Crippen molar-refractivity contribution in [3.8, 4) is 0 Å². The molecule has 4 rings (SSSR count). The molecule has 4 nitrogen and oxygen atoms in total.